The number of nitro groups is 1. The number of benzene rings is 2. The fraction of sp³-hybridized carbons (Fsp3) is 0. The summed E-state index contributed by atoms with van der Waals surface area (Å²) in [5.41, 5.74) is 1.05. The first-order valence-electron chi connectivity index (χ1n) is 5.23. The maximum absolute atomic E-state index is 10.1. The van der Waals surface area contributed by atoms with Crippen LogP contribution in [-0.2, 0) is 0 Å². The van der Waals surface area contributed by atoms with Crippen LogP contribution in [0.3, 0.4) is 0 Å². The molecule has 0 aliphatic carbocycles. The second-order valence-electron chi connectivity index (χ2n) is 3.55. The van der Waals surface area contributed by atoms with Crippen LogP contribution in [0.4, 0.5) is 0 Å². The van der Waals surface area contributed by atoms with Crippen molar-refractivity contribution in [1.29, 1.82) is 0 Å². The minimum Gasteiger partial charge on any atom is -0.259 e. The molecule has 3 nitrogen and oxygen atoms in total. The molecule has 0 spiro atoms. The summed E-state index contributed by atoms with van der Waals surface area (Å²) in [5.74, 6) is 0. The van der Waals surface area contributed by atoms with Gasteiger partial charge in [-0.05, 0) is 16.3 Å². The van der Waals surface area contributed by atoms with Crippen LogP contribution in [0.5, 0.6) is 0 Å². The van der Waals surface area contributed by atoms with Crippen LogP contribution in [0.2, 0.25) is 0 Å². The first kappa shape index (κ1) is 11.1. The van der Waals surface area contributed by atoms with E-state index in [9.17, 15) is 10.1 Å². The normalized spacial score (nSPS) is 11.5. The van der Waals surface area contributed by atoms with E-state index in [4.69, 9.17) is 0 Å². The van der Waals surface area contributed by atoms with E-state index in [1.807, 2.05) is 48.5 Å². The lowest BCUT2D eigenvalue weighted by Gasteiger charge is -2.00. The van der Waals surface area contributed by atoms with Gasteiger partial charge >= 0.3 is 0 Å². The summed E-state index contributed by atoms with van der Waals surface area (Å²) in [4.78, 5) is 9.63. The second kappa shape index (κ2) is 5.07. The van der Waals surface area contributed by atoms with Crippen molar-refractivity contribution in [2.24, 2.45) is 0 Å². The second-order valence-corrected chi connectivity index (χ2v) is 3.55. The van der Waals surface area contributed by atoms with Crippen LogP contribution in [0.25, 0.3) is 16.8 Å². The average Bonchev–Trinajstić information content (AvgIpc) is 2.34. The minimum absolute atomic E-state index is 0.479. The molecule has 3 heteroatoms. The van der Waals surface area contributed by atoms with Crippen molar-refractivity contribution in [3.8, 4) is 0 Å². The Bertz CT molecular complexity index is 595. The summed E-state index contributed by atoms with van der Waals surface area (Å²) in [6, 6.07) is 14.0. The van der Waals surface area contributed by atoms with E-state index in [0.29, 0.717) is 0 Å². The van der Waals surface area contributed by atoms with Gasteiger partial charge in [-0.15, -0.1) is 0 Å². The van der Waals surface area contributed by atoms with Crippen molar-refractivity contribution in [2.75, 3.05) is 0 Å². The van der Waals surface area contributed by atoms with Crippen LogP contribution in [0.15, 0.2) is 60.8 Å². The lowest BCUT2D eigenvalue weighted by molar-refractivity contribution is -0.402. The quantitative estimate of drug-likeness (QED) is 0.454. The highest BCUT2D eigenvalue weighted by molar-refractivity contribution is 5.90. The van der Waals surface area contributed by atoms with Crippen LogP contribution in [0, 0.1) is 10.1 Å². The largest absolute Gasteiger partial charge is 0.259 e. The SMILES string of the molecule is O=[N+]([O-])C=CC=Cc1cccc2ccccc12. The van der Waals surface area contributed by atoms with E-state index < -0.39 is 4.92 Å². The van der Waals surface area contributed by atoms with E-state index in [-0.39, 0.29) is 0 Å². The fourth-order valence-electron chi connectivity index (χ4n) is 1.67. The first-order valence-corrected chi connectivity index (χ1v) is 5.23. The van der Waals surface area contributed by atoms with Gasteiger partial charge in [-0.1, -0.05) is 54.6 Å². The van der Waals surface area contributed by atoms with Gasteiger partial charge in [-0.2, -0.15) is 0 Å². The molecular formula is C14H11NO2. The molecule has 0 saturated carbocycles. The Morgan fingerprint density at radius 3 is 2.59 bits per heavy atom. The maximum Gasteiger partial charge on any atom is 0.234 e. The van der Waals surface area contributed by atoms with Gasteiger partial charge in [0.05, 0.1) is 4.92 Å². The van der Waals surface area contributed by atoms with E-state index >= 15 is 0 Å². The molecule has 0 radical (unpaired) electrons. The van der Waals surface area contributed by atoms with Crippen molar-refractivity contribution >= 4 is 16.8 Å². The highest BCUT2D eigenvalue weighted by Gasteiger charge is 1.95. The lowest BCUT2D eigenvalue weighted by atomic mass is 10.0. The molecule has 2 aromatic carbocycles. The summed E-state index contributed by atoms with van der Waals surface area (Å²) < 4.78 is 0. The molecule has 0 fully saturated rings. The Morgan fingerprint density at radius 1 is 1.00 bits per heavy atom. The molecule has 0 aliphatic heterocycles. The summed E-state index contributed by atoms with van der Waals surface area (Å²) in [6.45, 7) is 0. The predicted molar refractivity (Wildman–Crippen MR) is 69.1 cm³/mol. The zero-order chi connectivity index (χ0) is 12.1. The summed E-state index contributed by atoms with van der Waals surface area (Å²) in [6.07, 6.45) is 5.87. The molecular weight excluding hydrogens is 214 g/mol. The molecule has 0 aliphatic rings. The topological polar surface area (TPSA) is 43.1 Å². The maximum atomic E-state index is 10.1. The minimum atomic E-state index is -0.479. The lowest BCUT2D eigenvalue weighted by Crippen LogP contribution is -1.80. The molecule has 2 rings (SSSR count). The van der Waals surface area contributed by atoms with Crippen molar-refractivity contribution < 1.29 is 4.92 Å². The molecule has 0 atom stereocenters. The molecule has 2 aromatic rings. The molecule has 17 heavy (non-hydrogen) atoms. The van der Waals surface area contributed by atoms with Crippen molar-refractivity contribution in [3.05, 3.63) is 76.5 Å². The van der Waals surface area contributed by atoms with Crippen LogP contribution in [-0.4, -0.2) is 4.92 Å². The predicted octanol–water partition coefficient (Wildman–Crippen LogP) is 3.64. The molecule has 0 unspecified atom stereocenters. The molecule has 0 saturated heterocycles. The van der Waals surface area contributed by atoms with Gasteiger partial charge in [0.15, 0.2) is 0 Å². The summed E-state index contributed by atoms with van der Waals surface area (Å²) in [7, 11) is 0. The summed E-state index contributed by atoms with van der Waals surface area (Å²) >= 11 is 0. The monoisotopic (exact) mass is 225 g/mol. The van der Waals surface area contributed by atoms with Gasteiger partial charge in [0.2, 0.25) is 6.20 Å². The Balaban J connectivity index is 2.33. The number of hydrogen-bond acceptors (Lipinski definition) is 2. The third-order valence-corrected chi connectivity index (χ3v) is 2.42. The van der Waals surface area contributed by atoms with Gasteiger partial charge < -0.3 is 0 Å². The Morgan fingerprint density at radius 2 is 1.76 bits per heavy atom. The molecule has 84 valence electrons. The molecule has 0 aromatic heterocycles. The van der Waals surface area contributed by atoms with E-state index in [0.717, 1.165) is 22.5 Å². The number of hydrogen-bond donors (Lipinski definition) is 0. The highest BCUT2D eigenvalue weighted by atomic mass is 16.6. The third-order valence-electron chi connectivity index (χ3n) is 2.42. The Hall–Kier alpha value is -2.42. The van der Waals surface area contributed by atoms with Crippen LogP contribution < -0.4 is 0 Å². The summed E-state index contributed by atoms with van der Waals surface area (Å²) in [5, 5.41) is 12.4. The van der Waals surface area contributed by atoms with Crippen molar-refractivity contribution in [1.82, 2.24) is 0 Å². The zero-order valence-electron chi connectivity index (χ0n) is 9.11. The molecule has 0 amide bonds. The van der Waals surface area contributed by atoms with E-state index in [2.05, 4.69) is 0 Å². The number of rotatable bonds is 3. The van der Waals surface area contributed by atoms with Gasteiger partial charge in [-0.3, -0.25) is 10.1 Å². The average molecular weight is 225 g/mol. The number of allylic oxidation sites excluding steroid dienone is 2. The number of fused-ring (bicyclic) bond motifs is 1. The van der Waals surface area contributed by atoms with Crippen molar-refractivity contribution in [3.63, 3.8) is 0 Å². The Labute approximate surface area is 98.8 Å². The van der Waals surface area contributed by atoms with Crippen LogP contribution in [0.1, 0.15) is 5.56 Å². The van der Waals surface area contributed by atoms with Gasteiger partial charge in [0, 0.05) is 6.08 Å². The Kier molecular flexibility index (Phi) is 3.31. The zero-order valence-corrected chi connectivity index (χ0v) is 9.11. The first-order chi connectivity index (χ1) is 8.27. The third kappa shape index (κ3) is 2.78. The van der Waals surface area contributed by atoms with Crippen LogP contribution >= 0.6 is 0 Å². The molecule has 0 bridgehead atoms. The van der Waals surface area contributed by atoms with Gasteiger partial charge in [0.1, 0.15) is 0 Å². The highest BCUT2D eigenvalue weighted by Crippen LogP contribution is 2.19. The standard InChI is InChI=1S/C14H11NO2/c16-15(17)11-4-3-7-13-9-5-8-12-6-1-2-10-14(12)13/h1-11H. The number of nitrogens with zero attached hydrogens (tertiary/aromatic N) is 1. The van der Waals surface area contributed by atoms with E-state index in [1.165, 1.54) is 6.08 Å². The fourth-order valence-corrected chi connectivity index (χ4v) is 1.67. The molecule has 0 heterocycles. The van der Waals surface area contributed by atoms with Gasteiger partial charge in [-0.25, -0.2) is 0 Å². The molecule has 0 N–H and O–H groups in total. The van der Waals surface area contributed by atoms with E-state index in [1.54, 1.807) is 6.08 Å². The van der Waals surface area contributed by atoms with Gasteiger partial charge in [0.25, 0.3) is 0 Å². The smallest absolute Gasteiger partial charge is 0.234 e. The van der Waals surface area contributed by atoms with Crippen molar-refractivity contribution in [2.45, 2.75) is 0 Å².